The second-order valence-corrected chi connectivity index (χ2v) is 7.75. The number of aromatic nitrogens is 1. The minimum absolute atomic E-state index is 0.0666. The third-order valence-corrected chi connectivity index (χ3v) is 5.57. The number of H-pyrrole nitrogens is 1. The van der Waals surface area contributed by atoms with Crippen LogP contribution >= 0.6 is 11.6 Å². The molecule has 1 aromatic heterocycles. The number of ketones is 1. The molecule has 3 nitrogen and oxygen atoms in total. The smallest absolute Gasteiger partial charge is 0.186 e. The first kappa shape index (κ1) is 19.4. The van der Waals surface area contributed by atoms with Gasteiger partial charge in [-0.1, -0.05) is 79.2 Å². The van der Waals surface area contributed by atoms with Gasteiger partial charge in [0.1, 0.15) is 0 Å². The molecule has 3 aromatic carbocycles. The molecule has 4 heteroatoms. The first-order valence-corrected chi connectivity index (χ1v) is 10.2. The molecule has 0 bridgehead atoms. The lowest BCUT2D eigenvalue weighted by atomic mass is 9.95. The van der Waals surface area contributed by atoms with E-state index in [9.17, 15) is 4.79 Å². The van der Waals surface area contributed by atoms with Crippen LogP contribution in [0.25, 0.3) is 10.9 Å². The van der Waals surface area contributed by atoms with Gasteiger partial charge in [0.15, 0.2) is 5.78 Å². The molecule has 0 spiro atoms. The maximum atomic E-state index is 13.5. The molecule has 2 atom stereocenters. The van der Waals surface area contributed by atoms with E-state index in [-0.39, 0.29) is 11.7 Å². The highest BCUT2D eigenvalue weighted by Gasteiger charge is 2.24. The quantitative estimate of drug-likeness (QED) is 0.365. The van der Waals surface area contributed by atoms with Crippen molar-refractivity contribution in [3.05, 3.63) is 107 Å². The van der Waals surface area contributed by atoms with Gasteiger partial charge in [0, 0.05) is 34.2 Å². The van der Waals surface area contributed by atoms with Gasteiger partial charge in [0.25, 0.3) is 0 Å². The lowest BCUT2D eigenvalue weighted by molar-refractivity contribution is 0.0944. The zero-order chi connectivity index (χ0) is 20.2. The third-order valence-electron chi connectivity index (χ3n) is 5.32. The summed E-state index contributed by atoms with van der Waals surface area (Å²) < 4.78 is 0. The van der Waals surface area contributed by atoms with E-state index in [0.717, 1.165) is 21.5 Å². The summed E-state index contributed by atoms with van der Waals surface area (Å²) in [5.74, 6) is 0.311. The Morgan fingerprint density at radius 1 is 0.931 bits per heavy atom. The van der Waals surface area contributed by atoms with Crippen LogP contribution in [0.1, 0.15) is 40.4 Å². The molecular formula is C25H23ClN2O. The fraction of sp³-hybridized carbons (Fsp3) is 0.160. The SMILES string of the molecule is C[C@@H](CN[C@@H](C(=O)c1c[nH]c2ccccc12)c1ccccc1)c1ccc(Cl)cc1. The van der Waals surface area contributed by atoms with Gasteiger partial charge in [-0.2, -0.15) is 0 Å². The average Bonchev–Trinajstić information content (AvgIpc) is 3.19. The lowest BCUT2D eigenvalue weighted by Gasteiger charge is -2.21. The van der Waals surface area contributed by atoms with E-state index < -0.39 is 6.04 Å². The Balaban J connectivity index is 1.60. The molecule has 4 rings (SSSR count). The van der Waals surface area contributed by atoms with E-state index in [1.54, 1.807) is 0 Å². The number of para-hydroxylation sites is 1. The molecule has 0 fully saturated rings. The summed E-state index contributed by atoms with van der Waals surface area (Å²) in [5.41, 5.74) is 3.83. The summed E-state index contributed by atoms with van der Waals surface area (Å²) in [5, 5.41) is 5.18. The van der Waals surface area contributed by atoms with Crippen LogP contribution in [-0.4, -0.2) is 17.3 Å². The topological polar surface area (TPSA) is 44.9 Å². The molecule has 0 saturated heterocycles. The summed E-state index contributed by atoms with van der Waals surface area (Å²) in [6, 6.07) is 25.3. The van der Waals surface area contributed by atoms with Crippen LogP contribution in [0.5, 0.6) is 0 Å². The zero-order valence-corrected chi connectivity index (χ0v) is 17.0. The van der Waals surface area contributed by atoms with Crippen LogP contribution in [0.4, 0.5) is 0 Å². The standard InChI is InChI=1S/C25H23ClN2O/c1-17(18-11-13-20(26)14-12-18)15-28-24(19-7-3-2-4-8-19)25(29)22-16-27-23-10-6-5-9-21(22)23/h2-14,16-17,24,27-28H,15H2,1H3/t17-,24+/m0/s1. The molecule has 0 aliphatic carbocycles. The Hall–Kier alpha value is -2.88. The Morgan fingerprint density at radius 2 is 1.62 bits per heavy atom. The fourth-order valence-electron chi connectivity index (χ4n) is 3.64. The number of carbonyl (C=O) groups is 1. The molecular weight excluding hydrogens is 380 g/mol. The minimum atomic E-state index is -0.412. The normalized spacial score (nSPS) is 13.3. The van der Waals surface area contributed by atoms with E-state index in [4.69, 9.17) is 11.6 Å². The fourth-order valence-corrected chi connectivity index (χ4v) is 3.77. The molecule has 0 saturated carbocycles. The molecule has 146 valence electrons. The third kappa shape index (κ3) is 4.26. The van der Waals surface area contributed by atoms with E-state index >= 15 is 0 Å². The summed E-state index contributed by atoms with van der Waals surface area (Å²) in [6.07, 6.45) is 1.81. The van der Waals surface area contributed by atoms with Gasteiger partial charge in [-0.25, -0.2) is 0 Å². The molecule has 0 aliphatic rings. The highest BCUT2D eigenvalue weighted by atomic mass is 35.5. The molecule has 0 amide bonds. The van der Waals surface area contributed by atoms with Crippen molar-refractivity contribution in [3.63, 3.8) is 0 Å². The van der Waals surface area contributed by atoms with Crippen molar-refractivity contribution in [2.24, 2.45) is 0 Å². The predicted octanol–water partition coefficient (Wildman–Crippen LogP) is 6.14. The van der Waals surface area contributed by atoms with Gasteiger partial charge in [-0.05, 0) is 35.2 Å². The predicted molar refractivity (Wildman–Crippen MR) is 120 cm³/mol. The number of aromatic amines is 1. The molecule has 4 aromatic rings. The summed E-state index contributed by atoms with van der Waals surface area (Å²) in [4.78, 5) is 16.7. The number of hydrogen-bond donors (Lipinski definition) is 2. The number of benzene rings is 3. The Labute approximate surface area is 175 Å². The van der Waals surface area contributed by atoms with E-state index in [0.29, 0.717) is 12.1 Å². The number of carbonyl (C=O) groups excluding carboxylic acids is 1. The lowest BCUT2D eigenvalue weighted by Crippen LogP contribution is -2.31. The van der Waals surface area contributed by atoms with Gasteiger partial charge < -0.3 is 10.3 Å². The summed E-state index contributed by atoms with van der Waals surface area (Å²) >= 11 is 6.01. The van der Waals surface area contributed by atoms with Crippen LogP contribution in [0, 0.1) is 0 Å². The number of Topliss-reactive ketones (excluding diaryl/α,β-unsaturated/α-hetero) is 1. The molecule has 0 unspecified atom stereocenters. The van der Waals surface area contributed by atoms with Crippen molar-refractivity contribution >= 4 is 28.3 Å². The molecule has 1 heterocycles. The minimum Gasteiger partial charge on any atom is -0.360 e. The van der Waals surface area contributed by atoms with Gasteiger partial charge in [-0.3, -0.25) is 4.79 Å². The second kappa shape index (κ2) is 8.64. The van der Waals surface area contributed by atoms with Crippen molar-refractivity contribution in [1.82, 2.24) is 10.3 Å². The van der Waals surface area contributed by atoms with Crippen molar-refractivity contribution < 1.29 is 4.79 Å². The monoisotopic (exact) mass is 402 g/mol. The van der Waals surface area contributed by atoms with E-state index in [2.05, 4.69) is 17.2 Å². The van der Waals surface area contributed by atoms with Crippen molar-refractivity contribution in [2.45, 2.75) is 18.9 Å². The average molecular weight is 403 g/mol. The van der Waals surface area contributed by atoms with Gasteiger partial charge in [0.2, 0.25) is 0 Å². The Bertz CT molecular complexity index is 1100. The molecule has 0 aliphatic heterocycles. The number of halogens is 1. The van der Waals surface area contributed by atoms with Crippen molar-refractivity contribution in [1.29, 1.82) is 0 Å². The maximum Gasteiger partial charge on any atom is 0.186 e. The van der Waals surface area contributed by atoms with Crippen LogP contribution < -0.4 is 5.32 Å². The highest BCUT2D eigenvalue weighted by molar-refractivity contribution is 6.30. The van der Waals surface area contributed by atoms with Crippen LogP contribution in [0.2, 0.25) is 5.02 Å². The number of fused-ring (bicyclic) bond motifs is 1. The van der Waals surface area contributed by atoms with Gasteiger partial charge in [-0.15, -0.1) is 0 Å². The van der Waals surface area contributed by atoms with Gasteiger partial charge in [0.05, 0.1) is 6.04 Å². The molecule has 29 heavy (non-hydrogen) atoms. The summed E-state index contributed by atoms with van der Waals surface area (Å²) in [6.45, 7) is 2.82. The van der Waals surface area contributed by atoms with E-state index in [1.165, 1.54) is 5.56 Å². The van der Waals surface area contributed by atoms with Crippen LogP contribution in [-0.2, 0) is 0 Å². The van der Waals surface area contributed by atoms with Crippen LogP contribution in [0.3, 0.4) is 0 Å². The summed E-state index contributed by atoms with van der Waals surface area (Å²) in [7, 11) is 0. The molecule has 0 radical (unpaired) electrons. The van der Waals surface area contributed by atoms with E-state index in [1.807, 2.05) is 85.1 Å². The molecule has 2 N–H and O–H groups in total. The number of rotatable bonds is 7. The first-order chi connectivity index (χ1) is 14.1. The second-order valence-electron chi connectivity index (χ2n) is 7.32. The Kier molecular flexibility index (Phi) is 5.79. The zero-order valence-electron chi connectivity index (χ0n) is 16.2. The van der Waals surface area contributed by atoms with Crippen molar-refractivity contribution in [3.8, 4) is 0 Å². The van der Waals surface area contributed by atoms with Gasteiger partial charge >= 0.3 is 0 Å². The Morgan fingerprint density at radius 3 is 2.38 bits per heavy atom. The van der Waals surface area contributed by atoms with Crippen LogP contribution in [0.15, 0.2) is 85.1 Å². The number of nitrogens with one attached hydrogen (secondary N) is 2. The largest absolute Gasteiger partial charge is 0.360 e. The van der Waals surface area contributed by atoms with Crippen molar-refractivity contribution in [2.75, 3.05) is 6.54 Å². The first-order valence-electron chi connectivity index (χ1n) is 9.77. The number of hydrogen-bond acceptors (Lipinski definition) is 2. The maximum absolute atomic E-state index is 13.5. The highest BCUT2D eigenvalue weighted by Crippen LogP contribution is 2.26.